The SMILES string of the molecule is c1ccc(-c2ccc(-c3nc(-c4ccccc4)nc(-c4cccc(-c5cccc6nc7cc8oc9ccccc9c8cc7nc56)c4)n3)cc2)cc1. The fourth-order valence-corrected chi connectivity index (χ4v) is 6.77. The van der Waals surface area contributed by atoms with E-state index in [-0.39, 0.29) is 0 Å². The minimum atomic E-state index is 0.596. The second-order valence-electron chi connectivity index (χ2n) is 12.5. The van der Waals surface area contributed by atoms with Gasteiger partial charge in [0.25, 0.3) is 0 Å². The van der Waals surface area contributed by atoms with E-state index in [4.69, 9.17) is 29.3 Å². The van der Waals surface area contributed by atoms with Gasteiger partial charge < -0.3 is 4.42 Å². The summed E-state index contributed by atoms with van der Waals surface area (Å²) in [7, 11) is 0. The summed E-state index contributed by atoms with van der Waals surface area (Å²) in [5.41, 5.74) is 11.9. The van der Waals surface area contributed by atoms with Crippen LogP contribution in [0.2, 0.25) is 0 Å². The number of fused-ring (bicyclic) bond motifs is 5. The van der Waals surface area contributed by atoms with Crippen LogP contribution in [0, 0.1) is 0 Å². The Morgan fingerprint density at radius 3 is 1.67 bits per heavy atom. The molecule has 0 aliphatic heterocycles. The van der Waals surface area contributed by atoms with Crippen LogP contribution in [0.1, 0.15) is 0 Å². The molecule has 0 saturated heterocycles. The molecule has 6 nitrogen and oxygen atoms in total. The van der Waals surface area contributed by atoms with Crippen LogP contribution in [0.3, 0.4) is 0 Å². The first kappa shape index (κ1) is 28.9. The first-order chi connectivity index (χ1) is 25.2. The zero-order valence-corrected chi connectivity index (χ0v) is 27.2. The molecule has 238 valence electrons. The van der Waals surface area contributed by atoms with Crippen LogP contribution in [-0.2, 0) is 0 Å². The zero-order chi connectivity index (χ0) is 33.7. The molecule has 0 radical (unpaired) electrons. The zero-order valence-electron chi connectivity index (χ0n) is 27.2. The fourth-order valence-electron chi connectivity index (χ4n) is 6.77. The monoisotopic (exact) mass is 653 g/mol. The molecule has 10 rings (SSSR count). The lowest BCUT2D eigenvalue weighted by molar-refractivity contribution is 0.669. The molecule has 0 fully saturated rings. The van der Waals surface area contributed by atoms with Crippen LogP contribution in [0.25, 0.3) is 100 Å². The Hall–Kier alpha value is -7.05. The van der Waals surface area contributed by atoms with E-state index in [2.05, 4.69) is 78.9 Å². The Morgan fingerprint density at radius 1 is 0.314 bits per heavy atom. The standard InChI is InChI=1S/C45H27N5O/c1-3-11-28(12-4-1)29-21-23-31(24-22-29)44-48-43(30-13-5-2-6-14-30)49-45(50-44)33-16-9-15-32(25-33)34-18-10-19-37-42(34)47-38-26-36-35-17-7-8-20-40(35)51-41(36)27-39(38)46-37/h1-27H. The maximum atomic E-state index is 6.13. The molecule has 0 saturated carbocycles. The van der Waals surface area contributed by atoms with E-state index in [1.54, 1.807) is 0 Å². The van der Waals surface area contributed by atoms with E-state index >= 15 is 0 Å². The third-order valence-corrected chi connectivity index (χ3v) is 9.31. The molecule has 0 amide bonds. The van der Waals surface area contributed by atoms with Gasteiger partial charge in [-0.2, -0.15) is 0 Å². The van der Waals surface area contributed by atoms with E-state index in [9.17, 15) is 0 Å². The smallest absolute Gasteiger partial charge is 0.164 e. The maximum absolute atomic E-state index is 6.13. The highest BCUT2D eigenvalue weighted by atomic mass is 16.3. The molecule has 3 heterocycles. The third kappa shape index (κ3) is 5.18. The molecule has 0 N–H and O–H groups in total. The van der Waals surface area contributed by atoms with Crippen LogP contribution >= 0.6 is 0 Å². The molecular formula is C45H27N5O. The van der Waals surface area contributed by atoms with Gasteiger partial charge in [0, 0.05) is 39.1 Å². The van der Waals surface area contributed by atoms with Gasteiger partial charge in [0.1, 0.15) is 11.2 Å². The minimum absolute atomic E-state index is 0.596. The highest BCUT2D eigenvalue weighted by Crippen LogP contribution is 2.35. The van der Waals surface area contributed by atoms with Crippen molar-refractivity contribution in [2.45, 2.75) is 0 Å². The van der Waals surface area contributed by atoms with Crippen molar-refractivity contribution in [3.05, 3.63) is 164 Å². The predicted octanol–water partition coefficient (Wildman–Crippen LogP) is 11.2. The molecule has 51 heavy (non-hydrogen) atoms. The third-order valence-electron chi connectivity index (χ3n) is 9.31. The Bertz CT molecular complexity index is 2900. The summed E-state index contributed by atoms with van der Waals surface area (Å²) >= 11 is 0. The molecule has 6 heteroatoms. The topological polar surface area (TPSA) is 77.6 Å². The van der Waals surface area contributed by atoms with E-state index in [0.717, 1.165) is 82.9 Å². The predicted molar refractivity (Wildman–Crippen MR) is 205 cm³/mol. The van der Waals surface area contributed by atoms with Crippen molar-refractivity contribution in [3.63, 3.8) is 0 Å². The molecule has 10 aromatic rings. The molecule has 0 aliphatic rings. The Balaban J connectivity index is 1.09. The van der Waals surface area contributed by atoms with Crippen LogP contribution in [-0.4, -0.2) is 24.9 Å². The van der Waals surface area contributed by atoms with Crippen molar-refractivity contribution in [2.24, 2.45) is 0 Å². The fraction of sp³-hybridized carbons (Fsp3) is 0. The lowest BCUT2D eigenvalue weighted by atomic mass is 10.0. The van der Waals surface area contributed by atoms with Crippen LogP contribution < -0.4 is 0 Å². The number of hydrogen-bond acceptors (Lipinski definition) is 6. The summed E-state index contributed by atoms with van der Waals surface area (Å²) in [5.74, 6) is 1.83. The Morgan fingerprint density at radius 2 is 0.882 bits per heavy atom. The van der Waals surface area contributed by atoms with Crippen LogP contribution in [0.5, 0.6) is 0 Å². The molecule has 0 unspecified atom stereocenters. The van der Waals surface area contributed by atoms with Crippen molar-refractivity contribution < 1.29 is 4.42 Å². The summed E-state index contributed by atoms with van der Waals surface area (Å²) in [6.07, 6.45) is 0. The number of para-hydroxylation sites is 2. The first-order valence-electron chi connectivity index (χ1n) is 16.8. The molecule has 3 aromatic heterocycles. The molecular weight excluding hydrogens is 627 g/mol. The second kappa shape index (κ2) is 11.8. The van der Waals surface area contributed by atoms with E-state index in [1.165, 1.54) is 0 Å². The van der Waals surface area contributed by atoms with Gasteiger partial charge >= 0.3 is 0 Å². The second-order valence-corrected chi connectivity index (χ2v) is 12.5. The Kier molecular flexibility index (Phi) is 6.70. The maximum Gasteiger partial charge on any atom is 0.164 e. The van der Waals surface area contributed by atoms with Crippen LogP contribution in [0.4, 0.5) is 0 Å². The van der Waals surface area contributed by atoms with E-state index < -0.39 is 0 Å². The van der Waals surface area contributed by atoms with Crippen molar-refractivity contribution in [2.75, 3.05) is 0 Å². The number of nitrogens with zero attached hydrogens (tertiary/aromatic N) is 5. The number of hydrogen-bond donors (Lipinski definition) is 0. The van der Waals surface area contributed by atoms with E-state index in [1.807, 2.05) is 84.9 Å². The van der Waals surface area contributed by atoms with E-state index in [0.29, 0.717) is 17.5 Å². The van der Waals surface area contributed by atoms with Crippen LogP contribution in [0.15, 0.2) is 168 Å². The van der Waals surface area contributed by atoms with Crippen molar-refractivity contribution in [1.82, 2.24) is 24.9 Å². The summed E-state index contributed by atoms with van der Waals surface area (Å²) < 4.78 is 6.13. The van der Waals surface area contributed by atoms with Gasteiger partial charge in [-0.25, -0.2) is 24.9 Å². The number of benzene rings is 7. The summed E-state index contributed by atoms with van der Waals surface area (Å²) in [5, 5.41) is 2.09. The number of aromatic nitrogens is 5. The minimum Gasteiger partial charge on any atom is -0.456 e. The quantitative estimate of drug-likeness (QED) is 0.172. The van der Waals surface area contributed by atoms with Gasteiger partial charge in [-0.05, 0) is 41.0 Å². The van der Waals surface area contributed by atoms with Crippen molar-refractivity contribution in [3.8, 4) is 56.4 Å². The van der Waals surface area contributed by atoms with Crippen molar-refractivity contribution >= 4 is 44.0 Å². The van der Waals surface area contributed by atoms with Crippen molar-refractivity contribution in [1.29, 1.82) is 0 Å². The molecule has 0 spiro atoms. The molecule has 7 aromatic carbocycles. The number of rotatable bonds is 5. The first-order valence-corrected chi connectivity index (χ1v) is 16.8. The average Bonchev–Trinajstić information content (AvgIpc) is 3.56. The van der Waals surface area contributed by atoms with Gasteiger partial charge in [0.05, 0.1) is 22.1 Å². The largest absolute Gasteiger partial charge is 0.456 e. The van der Waals surface area contributed by atoms with Gasteiger partial charge in [-0.1, -0.05) is 133 Å². The van der Waals surface area contributed by atoms with Gasteiger partial charge in [0.15, 0.2) is 17.5 Å². The van der Waals surface area contributed by atoms with Gasteiger partial charge in [0.2, 0.25) is 0 Å². The highest BCUT2D eigenvalue weighted by Gasteiger charge is 2.16. The average molecular weight is 654 g/mol. The number of furan rings is 1. The lowest BCUT2D eigenvalue weighted by Crippen LogP contribution is -2.00. The van der Waals surface area contributed by atoms with Gasteiger partial charge in [-0.15, -0.1) is 0 Å². The molecule has 0 bridgehead atoms. The molecule has 0 aliphatic carbocycles. The lowest BCUT2D eigenvalue weighted by Gasteiger charge is -2.11. The molecule has 0 atom stereocenters. The summed E-state index contributed by atoms with van der Waals surface area (Å²) in [6.45, 7) is 0. The summed E-state index contributed by atoms with van der Waals surface area (Å²) in [4.78, 5) is 25.2. The highest BCUT2D eigenvalue weighted by molar-refractivity contribution is 6.10. The van der Waals surface area contributed by atoms with Gasteiger partial charge in [-0.3, -0.25) is 0 Å². The Labute approximate surface area is 292 Å². The normalized spacial score (nSPS) is 11.5. The summed E-state index contributed by atoms with van der Waals surface area (Å²) in [6, 6.07) is 55.4.